The summed E-state index contributed by atoms with van der Waals surface area (Å²) in [5.41, 5.74) is 1.59. The van der Waals surface area contributed by atoms with Gasteiger partial charge in [-0.05, 0) is 43.7 Å². The summed E-state index contributed by atoms with van der Waals surface area (Å²) in [5, 5.41) is 0. The second-order valence-electron chi connectivity index (χ2n) is 4.34. The van der Waals surface area contributed by atoms with Gasteiger partial charge in [0.05, 0.1) is 18.0 Å². The standard InChI is InChI=1S/C14H16N2O4S/c1-3-20-12-5-6-13(10(2)8-12)16-9-11(15-21(18)19)4-7-14(16)17/h4-9,15H,3H2,1-2H3,(H,18,19)/p-1. The Labute approximate surface area is 124 Å². The molecule has 1 aromatic heterocycles. The van der Waals surface area contributed by atoms with Crippen molar-refractivity contribution in [1.82, 2.24) is 4.57 Å². The summed E-state index contributed by atoms with van der Waals surface area (Å²) in [6, 6.07) is 8.09. The Hall–Kier alpha value is -2.12. The summed E-state index contributed by atoms with van der Waals surface area (Å²) in [7, 11) is 0. The molecule has 0 amide bonds. The molecule has 0 spiro atoms. The van der Waals surface area contributed by atoms with Gasteiger partial charge in [0.1, 0.15) is 5.75 Å². The lowest BCUT2D eigenvalue weighted by Gasteiger charge is -2.14. The number of benzene rings is 1. The minimum absolute atomic E-state index is 0.246. The van der Waals surface area contributed by atoms with Crippen molar-refractivity contribution in [2.45, 2.75) is 13.8 Å². The molecule has 6 nitrogen and oxygen atoms in total. The fourth-order valence-electron chi connectivity index (χ4n) is 1.99. The average Bonchev–Trinajstić information content (AvgIpc) is 2.41. The van der Waals surface area contributed by atoms with Crippen LogP contribution in [0.2, 0.25) is 0 Å². The van der Waals surface area contributed by atoms with E-state index in [9.17, 15) is 13.6 Å². The van der Waals surface area contributed by atoms with Gasteiger partial charge in [-0.15, -0.1) is 0 Å². The monoisotopic (exact) mass is 307 g/mol. The normalized spacial score (nSPS) is 12.0. The minimum atomic E-state index is -2.43. The highest BCUT2D eigenvalue weighted by molar-refractivity contribution is 7.80. The van der Waals surface area contributed by atoms with Crippen molar-refractivity contribution < 1.29 is 13.5 Å². The van der Waals surface area contributed by atoms with Gasteiger partial charge in [-0.1, -0.05) is 0 Å². The van der Waals surface area contributed by atoms with E-state index in [2.05, 4.69) is 4.72 Å². The molecule has 0 aliphatic carbocycles. The molecule has 112 valence electrons. The molecular weight excluding hydrogens is 292 g/mol. The fraction of sp³-hybridized carbons (Fsp3) is 0.214. The van der Waals surface area contributed by atoms with Crippen molar-refractivity contribution >= 4 is 17.0 Å². The summed E-state index contributed by atoms with van der Waals surface area (Å²) in [5.74, 6) is 0.724. The van der Waals surface area contributed by atoms with E-state index in [0.717, 1.165) is 11.3 Å². The largest absolute Gasteiger partial charge is 0.755 e. The Bertz CT molecular complexity index is 727. The van der Waals surface area contributed by atoms with Crippen LogP contribution in [0.3, 0.4) is 0 Å². The first-order valence-electron chi connectivity index (χ1n) is 6.33. The van der Waals surface area contributed by atoms with Gasteiger partial charge in [0.2, 0.25) is 0 Å². The second-order valence-corrected chi connectivity index (χ2v) is 5.02. The highest BCUT2D eigenvalue weighted by Crippen LogP contribution is 2.20. The molecule has 0 aliphatic heterocycles. The van der Waals surface area contributed by atoms with Gasteiger partial charge in [-0.25, -0.2) is 0 Å². The summed E-state index contributed by atoms with van der Waals surface area (Å²) in [6.45, 7) is 4.32. The Morgan fingerprint density at radius 1 is 1.33 bits per heavy atom. The van der Waals surface area contributed by atoms with E-state index >= 15 is 0 Å². The van der Waals surface area contributed by atoms with Gasteiger partial charge >= 0.3 is 0 Å². The third-order valence-corrected chi connectivity index (χ3v) is 3.25. The van der Waals surface area contributed by atoms with E-state index < -0.39 is 11.3 Å². The molecular formula is C14H15N2O4S-. The molecule has 21 heavy (non-hydrogen) atoms. The lowest BCUT2D eigenvalue weighted by atomic mass is 10.2. The number of hydrogen-bond donors (Lipinski definition) is 1. The molecule has 0 saturated heterocycles. The lowest BCUT2D eigenvalue weighted by Crippen LogP contribution is -2.18. The number of nitrogens with zero attached hydrogens (tertiary/aromatic N) is 1. The number of nitrogens with one attached hydrogen (secondary N) is 1. The van der Waals surface area contributed by atoms with Gasteiger partial charge < -0.3 is 14.0 Å². The molecule has 1 unspecified atom stereocenters. The predicted molar refractivity (Wildman–Crippen MR) is 80.5 cm³/mol. The zero-order valence-corrected chi connectivity index (χ0v) is 12.5. The smallest absolute Gasteiger partial charge is 0.255 e. The van der Waals surface area contributed by atoms with Crippen molar-refractivity contribution in [2.75, 3.05) is 11.3 Å². The molecule has 2 aromatic rings. The first-order chi connectivity index (χ1) is 10.0. The van der Waals surface area contributed by atoms with Crippen LogP contribution in [-0.2, 0) is 11.3 Å². The molecule has 0 bridgehead atoms. The van der Waals surface area contributed by atoms with E-state index in [0.29, 0.717) is 18.0 Å². The van der Waals surface area contributed by atoms with Crippen LogP contribution in [0.1, 0.15) is 12.5 Å². The maximum Gasteiger partial charge on any atom is 0.255 e. The Morgan fingerprint density at radius 3 is 2.71 bits per heavy atom. The van der Waals surface area contributed by atoms with Crippen LogP contribution in [0, 0.1) is 6.92 Å². The first kappa shape index (κ1) is 15.3. The zero-order chi connectivity index (χ0) is 15.4. The highest BCUT2D eigenvalue weighted by atomic mass is 32.2. The summed E-state index contributed by atoms with van der Waals surface area (Å²) in [4.78, 5) is 12.0. The molecule has 1 heterocycles. The van der Waals surface area contributed by atoms with Crippen LogP contribution in [0.15, 0.2) is 41.3 Å². The van der Waals surface area contributed by atoms with Crippen LogP contribution < -0.4 is 15.0 Å². The highest BCUT2D eigenvalue weighted by Gasteiger charge is 2.06. The molecule has 7 heteroatoms. The Kier molecular flexibility index (Phi) is 4.77. The van der Waals surface area contributed by atoms with Crippen molar-refractivity contribution in [1.29, 1.82) is 0 Å². The average molecular weight is 307 g/mol. The Morgan fingerprint density at radius 2 is 2.10 bits per heavy atom. The number of ether oxygens (including phenoxy) is 1. The number of pyridine rings is 1. The van der Waals surface area contributed by atoms with Crippen LogP contribution in [0.25, 0.3) is 5.69 Å². The fourth-order valence-corrected chi connectivity index (χ4v) is 2.30. The number of aromatic nitrogens is 1. The quantitative estimate of drug-likeness (QED) is 0.853. The van der Waals surface area contributed by atoms with Crippen molar-refractivity contribution in [3.8, 4) is 11.4 Å². The van der Waals surface area contributed by atoms with E-state index in [4.69, 9.17) is 4.74 Å². The van der Waals surface area contributed by atoms with Crippen molar-refractivity contribution in [3.05, 3.63) is 52.4 Å². The predicted octanol–water partition coefficient (Wildman–Crippen LogP) is 1.75. The second kappa shape index (κ2) is 6.55. The molecule has 0 saturated carbocycles. The molecule has 0 aliphatic rings. The van der Waals surface area contributed by atoms with E-state index in [1.807, 2.05) is 19.9 Å². The number of anilines is 1. The number of rotatable bonds is 5. The zero-order valence-electron chi connectivity index (χ0n) is 11.7. The van der Waals surface area contributed by atoms with Gasteiger partial charge in [-0.3, -0.25) is 13.6 Å². The third kappa shape index (κ3) is 3.71. The van der Waals surface area contributed by atoms with E-state index in [1.165, 1.54) is 22.9 Å². The van der Waals surface area contributed by atoms with Crippen LogP contribution in [0.4, 0.5) is 5.69 Å². The molecule has 1 aromatic carbocycles. The topological polar surface area (TPSA) is 83.4 Å². The van der Waals surface area contributed by atoms with E-state index in [1.54, 1.807) is 12.1 Å². The van der Waals surface area contributed by atoms with Crippen LogP contribution in [0.5, 0.6) is 5.75 Å². The summed E-state index contributed by atoms with van der Waals surface area (Å²) >= 11 is -2.43. The maximum atomic E-state index is 12.0. The van der Waals surface area contributed by atoms with Crippen molar-refractivity contribution in [3.63, 3.8) is 0 Å². The summed E-state index contributed by atoms with van der Waals surface area (Å²) in [6.07, 6.45) is 1.45. The van der Waals surface area contributed by atoms with Gasteiger partial charge in [0.15, 0.2) is 0 Å². The lowest BCUT2D eigenvalue weighted by molar-refractivity contribution is 0.340. The van der Waals surface area contributed by atoms with Gasteiger partial charge in [0, 0.05) is 23.5 Å². The maximum absolute atomic E-state index is 12.0. The number of aryl methyl sites for hydroxylation is 1. The molecule has 2 rings (SSSR count). The Balaban J connectivity index is 2.45. The number of hydrogen-bond acceptors (Lipinski definition) is 4. The molecule has 1 N–H and O–H groups in total. The molecule has 0 fully saturated rings. The molecule has 1 atom stereocenters. The van der Waals surface area contributed by atoms with Gasteiger partial charge in [-0.2, -0.15) is 0 Å². The minimum Gasteiger partial charge on any atom is -0.755 e. The first-order valence-corrected chi connectivity index (χ1v) is 7.41. The third-order valence-electron chi connectivity index (χ3n) is 2.85. The van der Waals surface area contributed by atoms with Crippen molar-refractivity contribution in [2.24, 2.45) is 0 Å². The molecule has 0 radical (unpaired) electrons. The van der Waals surface area contributed by atoms with Gasteiger partial charge in [0.25, 0.3) is 5.56 Å². The van der Waals surface area contributed by atoms with Crippen LogP contribution >= 0.6 is 0 Å². The summed E-state index contributed by atoms with van der Waals surface area (Å²) < 4.78 is 30.4. The van der Waals surface area contributed by atoms with Crippen LogP contribution in [-0.4, -0.2) is 19.9 Å². The SMILES string of the molecule is CCOc1ccc(-n2cc(NS(=O)[O-])ccc2=O)c(C)c1. The van der Waals surface area contributed by atoms with E-state index in [-0.39, 0.29) is 5.56 Å².